The first-order valence-corrected chi connectivity index (χ1v) is 7.10. The molecule has 0 unspecified atom stereocenters. The summed E-state index contributed by atoms with van der Waals surface area (Å²) in [6.45, 7) is 3.15. The Labute approximate surface area is 127 Å². The Morgan fingerprint density at radius 3 is 3.00 bits per heavy atom. The smallest absolute Gasteiger partial charge is 0.295 e. The lowest BCUT2D eigenvalue weighted by Crippen LogP contribution is -1.96. The predicted octanol–water partition coefficient (Wildman–Crippen LogP) is 3.65. The van der Waals surface area contributed by atoms with Crippen LogP contribution in [0.1, 0.15) is 22.8 Å². The van der Waals surface area contributed by atoms with E-state index in [0.717, 1.165) is 29.5 Å². The molecule has 0 aliphatic rings. The van der Waals surface area contributed by atoms with Gasteiger partial charge in [-0.3, -0.25) is 4.79 Å². The van der Waals surface area contributed by atoms with Gasteiger partial charge in [-0.25, -0.2) is 0 Å². The molecule has 1 heterocycles. The van der Waals surface area contributed by atoms with E-state index in [1.807, 2.05) is 31.2 Å². The minimum absolute atomic E-state index is 0.404. The molecule has 0 amide bonds. The summed E-state index contributed by atoms with van der Waals surface area (Å²) < 4.78 is 11.3. The fraction of sp³-hybridized carbons (Fsp3) is 0.176. The Bertz CT molecular complexity index is 795. The molecule has 1 aromatic heterocycles. The van der Waals surface area contributed by atoms with E-state index >= 15 is 0 Å². The van der Waals surface area contributed by atoms with Gasteiger partial charge in [-0.2, -0.15) is 4.98 Å². The lowest BCUT2D eigenvalue weighted by Gasteiger charge is -2.06. The fourth-order valence-corrected chi connectivity index (χ4v) is 2.13. The number of nitrogens with zero attached hydrogens (tertiary/aromatic N) is 1. The summed E-state index contributed by atoms with van der Waals surface area (Å²) in [5.41, 5.74) is 3.11. The van der Waals surface area contributed by atoms with Crippen LogP contribution in [0.25, 0.3) is 11.1 Å². The third-order valence-electron chi connectivity index (χ3n) is 3.18. The van der Waals surface area contributed by atoms with Gasteiger partial charge in [0, 0.05) is 12.1 Å². The third kappa shape index (κ3) is 3.09. The first-order valence-electron chi connectivity index (χ1n) is 7.10. The zero-order valence-corrected chi connectivity index (χ0v) is 12.2. The molecule has 1 N–H and O–H groups in total. The molecule has 0 fully saturated rings. The summed E-state index contributed by atoms with van der Waals surface area (Å²) in [6.07, 6.45) is 0.802. The van der Waals surface area contributed by atoms with Crippen molar-refractivity contribution in [1.82, 2.24) is 4.98 Å². The second-order valence-corrected chi connectivity index (χ2v) is 4.83. The van der Waals surface area contributed by atoms with Gasteiger partial charge in [-0.1, -0.05) is 18.2 Å². The highest BCUT2D eigenvalue weighted by atomic mass is 16.5. The van der Waals surface area contributed by atoms with Crippen LogP contribution in [0.2, 0.25) is 0 Å². The van der Waals surface area contributed by atoms with Crippen LogP contribution in [0.4, 0.5) is 6.01 Å². The second-order valence-electron chi connectivity index (χ2n) is 4.83. The van der Waals surface area contributed by atoms with Crippen molar-refractivity contribution in [2.45, 2.75) is 13.5 Å². The maximum Gasteiger partial charge on any atom is 0.295 e. The molecular weight excluding hydrogens is 280 g/mol. The van der Waals surface area contributed by atoms with Crippen LogP contribution in [-0.4, -0.2) is 17.8 Å². The Morgan fingerprint density at radius 1 is 1.27 bits per heavy atom. The quantitative estimate of drug-likeness (QED) is 0.703. The number of nitrogens with one attached hydrogen (secondary N) is 1. The topological polar surface area (TPSA) is 64.4 Å². The van der Waals surface area contributed by atoms with Crippen molar-refractivity contribution in [3.05, 3.63) is 53.6 Å². The summed E-state index contributed by atoms with van der Waals surface area (Å²) in [5.74, 6) is 0.665. The maximum atomic E-state index is 10.8. The summed E-state index contributed by atoms with van der Waals surface area (Å²) >= 11 is 0. The Morgan fingerprint density at radius 2 is 2.18 bits per heavy atom. The number of fused-ring (bicyclic) bond motifs is 1. The number of benzene rings is 2. The predicted molar refractivity (Wildman–Crippen MR) is 84.3 cm³/mol. The van der Waals surface area contributed by atoms with E-state index in [0.29, 0.717) is 23.9 Å². The van der Waals surface area contributed by atoms with Gasteiger partial charge in [0.05, 0.1) is 0 Å². The molecule has 0 saturated heterocycles. The molecule has 2 aromatic carbocycles. The number of carbonyl (C=O) groups excluding carboxylic acids is 1. The van der Waals surface area contributed by atoms with Gasteiger partial charge in [-0.05, 0) is 36.8 Å². The van der Waals surface area contributed by atoms with E-state index in [4.69, 9.17) is 9.15 Å². The second kappa shape index (κ2) is 6.30. The van der Waals surface area contributed by atoms with Crippen LogP contribution < -0.4 is 10.1 Å². The molecule has 22 heavy (non-hydrogen) atoms. The third-order valence-corrected chi connectivity index (χ3v) is 3.18. The van der Waals surface area contributed by atoms with E-state index in [1.54, 1.807) is 18.2 Å². The highest BCUT2D eigenvalue weighted by Gasteiger charge is 2.06. The number of hydrogen-bond acceptors (Lipinski definition) is 5. The first-order chi connectivity index (χ1) is 10.8. The van der Waals surface area contributed by atoms with Crippen LogP contribution in [0, 0.1) is 0 Å². The van der Waals surface area contributed by atoms with E-state index < -0.39 is 0 Å². The monoisotopic (exact) mass is 296 g/mol. The number of hydrogen-bond donors (Lipinski definition) is 1. The Kier molecular flexibility index (Phi) is 4.05. The van der Waals surface area contributed by atoms with Crippen LogP contribution in [-0.2, 0) is 6.61 Å². The number of aldehydes is 1. The minimum atomic E-state index is 0.404. The molecule has 0 saturated carbocycles. The van der Waals surface area contributed by atoms with Crippen molar-refractivity contribution >= 4 is 23.4 Å². The maximum absolute atomic E-state index is 10.8. The minimum Gasteiger partial charge on any atom is -0.489 e. The zero-order chi connectivity index (χ0) is 15.4. The van der Waals surface area contributed by atoms with Crippen molar-refractivity contribution in [3.63, 3.8) is 0 Å². The van der Waals surface area contributed by atoms with Gasteiger partial charge < -0.3 is 14.5 Å². The van der Waals surface area contributed by atoms with Crippen molar-refractivity contribution in [2.24, 2.45) is 0 Å². The molecule has 0 aliphatic carbocycles. The number of oxazole rings is 1. The molecule has 5 nitrogen and oxygen atoms in total. The summed E-state index contributed by atoms with van der Waals surface area (Å²) in [7, 11) is 0. The summed E-state index contributed by atoms with van der Waals surface area (Å²) in [6, 6.07) is 13.3. The van der Waals surface area contributed by atoms with Gasteiger partial charge in [-0.15, -0.1) is 0 Å². The van der Waals surface area contributed by atoms with E-state index in [9.17, 15) is 4.79 Å². The zero-order valence-electron chi connectivity index (χ0n) is 12.2. The van der Waals surface area contributed by atoms with Crippen molar-refractivity contribution in [2.75, 3.05) is 11.9 Å². The highest BCUT2D eigenvalue weighted by molar-refractivity contribution is 5.76. The fourth-order valence-electron chi connectivity index (χ4n) is 2.13. The van der Waals surface area contributed by atoms with E-state index in [-0.39, 0.29) is 0 Å². The molecule has 0 radical (unpaired) electrons. The number of aromatic nitrogens is 1. The average molecular weight is 296 g/mol. The Hall–Kier alpha value is -2.82. The van der Waals surface area contributed by atoms with Gasteiger partial charge in [0.15, 0.2) is 5.58 Å². The molecule has 0 atom stereocenters. The lowest BCUT2D eigenvalue weighted by atomic mass is 10.2. The van der Waals surface area contributed by atoms with E-state index in [1.165, 1.54) is 0 Å². The molecule has 112 valence electrons. The van der Waals surface area contributed by atoms with Crippen LogP contribution in [0.3, 0.4) is 0 Å². The molecule has 5 heteroatoms. The normalized spacial score (nSPS) is 10.6. The molecule has 3 aromatic rings. The molecule has 0 spiro atoms. The number of rotatable bonds is 6. The number of carbonyl (C=O) groups is 1. The van der Waals surface area contributed by atoms with Crippen molar-refractivity contribution in [1.29, 1.82) is 0 Å². The number of anilines is 1. The van der Waals surface area contributed by atoms with Gasteiger partial charge >= 0.3 is 0 Å². The largest absolute Gasteiger partial charge is 0.489 e. The van der Waals surface area contributed by atoms with Gasteiger partial charge in [0.2, 0.25) is 0 Å². The standard InChI is InChI=1S/C17H16N2O3/c1-2-18-17-19-15-9-13(6-7-16(15)22-17)11-21-14-5-3-4-12(8-14)10-20/h3-10H,2,11H2,1H3,(H,18,19). The SMILES string of the molecule is CCNc1nc2cc(COc3cccc(C=O)c3)ccc2o1. The first kappa shape index (κ1) is 14.1. The van der Waals surface area contributed by atoms with Crippen molar-refractivity contribution in [3.8, 4) is 5.75 Å². The summed E-state index contributed by atoms with van der Waals surface area (Å²) in [5, 5.41) is 3.04. The Balaban J connectivity index is 1.74. The molecule has 0 aliphatic heterocycles. The lowest BCUT2D eigenvalue weighted by molar-refractivity contribution is 0.112. The highest BCUT2D eigenvalue weighted by Crippen LogP contribution is 2.21. The van der Waals surface area contributed by atoms with Crippen LogP contribution >= 0.6 is 0 Å². The van der Waals surface area contributed by atoms with Gasteiger partial charge in [0.1, 0.15) is 24.2 Å². The van der Waals surface area contributed by atoms with Crippen LogP contribution in [0.15, 0.2) is 46.9 Å². The van der Waals surface area contributed by atoms with Crippen molar-refractivity contribution < 1.29 is 13.9 Å². The van der Waals surface area contributed by atoms with Crippen LogP contribution in [0.5, 0.6) is 5.75 Å². The number of ether oxygens (including phenoxy) is 1. The summed E-state index contributed by atoms with van der Waals surface area (Å²) in [4.78, 5) is 15.1. The molecule has 3 rings (SSSR count). The molecule has 0 bridgehead atoms. The average Bonchev–Trinajstić information content (AvgIpc) is 2.95. The van der Waals surface area contributed by atoms with E-state index in [2.05, 4.69) is 10.3 Å². The van der Waals surface area contributed by atoms with Gasteiger partial charge in [0.25, 0.3) is 6.01 Å². The molecular formula is C17H16N2O3.